The van der Waals surface area contributed by atoms with E-state index in [4.69, 9.17) is 10.5 Å². The van der Waals surface area contributed by atoms with E-state index in [0.717, 1.165) is 0 Å². The van der Waals surface area contributed by atoms with E-state index in [0.29, 0.717) is 3.70 Å². The Kier molecular flexibility index (Phi) is 3.92. The summed E-state index contributed by atoms with van der Waals surface area (Å²) >= 11 is 1.75. The SMILES string of the molecule is N#CCc1c(C(F)F)cc(I)nc1C#N. The number of hydrogen-bond donors (Lipinski definition) is 0. The zero-order valence-corrected chi connectivity index (χ0v) is 9.49. The smallest absolute Gasteiger partial charge is 0.231 e. The number of rotatable bonds is 2. The van der Waals surface area contributed by atoms with Crippen molar-refractivity contribution in [2.24, 2.45) is 0 Å². The van der Waals surface area contributed by atoms with Gasteiger partial charge in [-0.15, -0.1) is 0 Å². The molecule has 15 heavy (non-hydrogen) atoms. The van der Waals surface area contributed by atoms with Gasteiger partial charge in [-0.05, 0) is 28.7 Å². The lowest BCUT2D eigenvalue weighted by molar-refractivity contribution is 0.150. The first kappa shape index (κ1) is 11.8. The number of halogens is 3. The zero-order valence-electron chi connectivity index (χ0n) is 7.34. The van der Waals surface area contributed by atoms with Crippen molar-refractivity contribution in [2.45, 2.75) is 12.8 Å². The lowest BCUT2D eigenvalue weighted by Gasteiger charge is -2.07. The Balaban J connectivity index is 3.43. The molecule has 1 aromatic heterocycles. The molecule has 0 aliphatic heterocycles. The minimum Gasteiger partial charge on any atom is -0.231 e. The van der Waals surface area contributed by atoms with E-state index in [1.165, 1.54) is 6.07 Å². The molecule has 1 aromatic rings. The highest BCUT2D eigenvalue weighted by Crippen LogP contribution is 2.26. The third kappa shape index (κ3) is 2.60. The van der Waals surface area contributed by atoms with Crippen LogP contribution >= 0.6 is 22.6 Å². The van der Waals surface area contributed by atoms with Crippen molar-refractivity contribution < 1.29 is 8.78 Å². The van der Waals surface area contributed by atoms with Crippen LogP contribution in [0, 0.1) is 26.4 Å². The fraction of sp³-hybridized carbons (Fsp3) is 0.222. The first-order chi connectivity index (χ1) is 7.10. The van der Waals surface area contributed by atoms with Crippen molar-refractivity contribution in [3.05, 3.63) is 26.6 Å². The molecule has 0 aliphatic rings. The fourth-order valence-electron chi connectivity index (χ4n) is 1.11. The van der Waals surface area contributed by atoms with Crippen LogP contribution in [0.2, 0.25) is 0 Å². The van der Waals surface area contributed by atoms with Crippen LogP contribution in [0.5, 0.6) is 0 Å². The predicted octanol–water partition coefficient (Wildman–Crippen LogP) is 2.56. The fourth-order valence-corrected chi connectivity index (χ4v) is 1.69. The molecule has 0 aromatic carbocycles. The summed E-state index contributed by atoms with van der Waals surface area (Å²) in [7, 11) is 0. The van der Waals surface area contributed by atoms with Gasteiger partial charge in [-0.25, -0.2) is 13.8 Å². The number of alkyl halides is 2. The second-order valence-corrected chi connectivity index (χ2v) is 3.71. The van der Waals surface area contributed by atoms with Crippen LogP contribution in [-0.2, 0) is 6.42 Å². The standard InChI is InChI=1S/C9H4F2IN3/c10-9(11)6-3-8(12)15-7(4-14)5(6)1-2-13/h3,9H,1H2. The minimum atomic E-state index is -2.70. The van der Waals surface area contributed by atoms with Crippen molar-refractivity contribution in [3.63, 3.8) is 0 Å². The molecular weight excluding hydrogens is 315 g/mol. The Morgan fingerprint density at radius 1 is 1.47 bits per heavy atom. The van der Waals surface area contributed by atoms with Gasteiger partial charge < -0.3 is 0 Å². The van der Waals surface area contributed by atoms with E-state index in [9.17, 15) is 8.78 Å². The molecule has 6 heteroatoms. The summed E-state index contributed by atoms with van der Waals surface area (Å²) in [5.41, 5.74) is -0.360. The maximum atomic E-state index is 12.6. The molecule has 0 spiro atoms. The van der Waals surface area contributed by atoms with E-state index in [2.05, 4.69) is 4.98 Å². The van der Waals surface area contributed by atoms with Crippen LogP contribution in [-0.4, -0.2) is 4.98 Å². The number of pyridine rings is 1. The van der Waals surface area contributed by atoms with E-state index < -0.39 is 6.43 Å². The summed E-state index contributed by atoms with van der Waals surface area (Å²) in [5.74, 6) is 0. The van der Waals surface area contributed by atoms with Gasteiger partial charge in [-0.1, -0.05) is 0 Å². The maximum absolute atomic E-state index is 12.6. The molecule has 0 unspecified atom stereocenters. The van der Waals surface area contributed by atoms with Gasteiger partial charge in [0.15, 0.2) is 0 Å². The van der Waals surface area contributed by atoms with Gasteiger partial charge in [0.25, 0.3) is 6.43 Å². The number of aromatic nitrogens is 1. The van der Waals surface area contributed by atoms with E-state index in [1.54, 1.807) is 34.7 Å². The summed E-state index contributed by atoms with van der Waals surface area (Å²) in [4.78, 5) is 3.79. The Morgan fingerprint density at radius 2 is 2.13 bits per heavy atom. The molecule has 0 fully saturated rings. The van der Waals surface area contributed by atoms with Gasteiger partial charge in [-0.3, -0.25) is 0 Å². The molecule has 1 heterocycles. The average molecular weight is 319 g/mol. The third-order valence-electron chi connectivity index (χ3n) is 1.72. The molecule has 0 aliphatic carbocycles. The summed E-state index contributed by atoms with van der Waals surface area (Å²) in [6.07, 6.45) is -2.93. The number of hydrogen-bond acceptors (Lipinski definition) is 3. The van der Waals surface area contributed by atoms with Crippen molar-refractivity contribution in [1.29, 1.82) is 10.5 Å². The number of nitrogens with zero attached hydrogens (tertiary/aromatic N) is 3. The van der Waals surface area contributed by atoms with Crippen LogP contribution in [0.3, 0.4) is 0 Å². The normalized spacial score (nSPS) is 9.73. The highest BCUT2D eigenvalue weighted by Gasteiger charge is 2.18. The molecule has 0 radical (unpaired) electrons. The Hall–Kier alpha value is -1.28. The van der Waals surface area contributed by atoms with Crippen LogP contribution < -0.4 is 0 Å². The molecule has 0 saturated heterocycles. The second-order valence-electron chi connectivity index (χ2n) is 2.61. The molecule has 0 atom stereocenters. The van der Waals surface area contributed by atoms with Crippen LogP contribution in [0.1, 0.15) is 23.2 Å². The van der Waals surface area contributed by atoms with Gasteiger partial charge in [0.2, 0.25) is 0 Å². The molecular formula is C9H4F2IN3. The largest absolute Gasteiger partial charge is 0.264 e. The van der Waals surface area contributed by atoms with E-state index in [1.807, 2.05) is 0 Å². The first-order valence-electron chi connectivity index (χ1n) is 3.84. The van der Waals surface area contributed by atoms with Crippen molar-refractivity contribution >= 4 is 22.6 Å². The average Bonchev–Trinajstić information content (AvgIpc) is 2.19. The third-order valence-corrected chi connectivity index (χ3v) is 2.28. The summed E-state index contributed by atoms with van der Waals surface area (Å²) in [6.45, 7) is 0. The summed E-state index contributed by atoms with van der Waals surface area (Å²) < 4.78 is 25.5. The van der Waals surface area contributed by atoms with E-state index >= 15 is 0 Å². The first-order valence-corrected chi connectivity index (χ1v) is 4.92. The van der Waals surface area contributed by atoms with Crippen molar-refractivity contribution in [1.82, 2.24) is 4.98 Å². The number of nitriles is 2. The molecule has 1 rings (SSSR count). The Labute approximate surface area is 98.5 Å². The van der Waals surface area contributed by atoms with Gasteiger partial charge in [0.1, 0.15) is 15.5 Å². The van der Waals surface area contributed by atoms with Gasteiger partial charge >= 0.3 is 0 Å². The predicted molar refractivity (Wildman–Crippen MR) is 55.9 cm³/mol. The maximum Gasteiger partial charge on any atom is 0.264 e. The highest BCUT2D eigenvalue weighted by atomic mass is 127. The molecule has 76 valence electrons. The van der Waals surface area contributed by atoms with Gasteiger partial charge in [0, 0.05) is 11.1 Å². The molecule has 3 nitrogen and oxygen atoms in total. The summed E-state index contributed by atoms with van der Waals surface area (Å²) in [5, 5.41) is 17.2. The van der Waals surface area contributed by atoms with Crippen LogP contribution in [0.4, 0.5) is 8.78 Å². The zero-order chi connectivity index (χ0) is 11.4. The Morgan fingerprint density at radius 3 is 2.60 bits per heavy atom. The Bertz CT molecular complexity index is 460. The van der Waals surface area contributed by atoms with Gasteiger partial charge in [-0.2, -0.15) is 10.5 Å². The van der Waals surface area contributed by atoms with Crippen molar-refractivity contribution in [3.8, 4) is 12.1 Å². The van der Waals surface area contributed by atoms with Crippen LogP contribution in [0.25, 0.3) is 0 Å². The molecule has 0 N–H and O–H groups in total. The van der Waals surface area contributed by atoms with E-state index in [-0.39, 0.29) is 23.2 Å². The lowest BCUT2D eigenvalue weighted by atomic mass is 10.0. The minimum absolute atomic E-state index is 0.0235. The molecule has 0 saturated carbocycles. The van der Waals surface area contributed by atoms with Crippen molar-refractivity contribution in [2.75, 3.05) is 0 Å². The molecule has 0 bridgehead atoms. The summed E-state index contributed by atoms with van der Waals surface area (Å²) in [6, 6.07) is 4.66. The lowest BCUT2D eigenvalue weighted by Crippen LogP contribution is -2.02. The topological polar surface area (TPSA) is 60.5 Å². The second kappa shape index (κ2) is 4.99. The quantitative estimate of drug-likeness (QED) is 0.622. The highest BCUT2D eigenvalue weighted by molar-refractivity contribution is 14.1. The van der Waals surface area contributed by atoms with Crippen LogP contribution in [0.15, 0.2) is 6.07 Å². The van der Waals surface area contributed by atoms with Gasteiger partial charge in [0.05, 0.1) is 12.5 Å². The monoisotopic (exact) mass is 319 g/mol. The molecule has 0 amide bonds.